The maximum absolute atomic E-state index is 11.2. The van der Waals surface area contributed by atoms with Crippen molar-refractivity contribution in [2.45, 2.75) is 12.5 Å². The number of anilines is 1. The van der Waals surface area contributed by atoms with Crippen LogP contribution in [-0.4, -0.2) is 32.9 Å². The number of nitrogens with zero attached hydrogens (tertiary/aromatic N) is 3. The maximum atomic E-state index is 11.2. The SMILES string of the molecule is Nc1nc(C(Cc2ccccc2)OS(=O)(=O)O)c2[nH]cnc2n1. The molecule has 1 unspecified atom stereocenters. The minimum atomic E-state index is -4.69. The molecule has 0 bridgehead atoms. The number of hydrogen-bond acceptors (Lipinski definition) is 7. The molecule has 0 fully saturated rings. The van der Waals surface area contributed by atoms with Crippen LogP contribution in [0.1, 0.15) is 17.4 Å². The van der Waals surface area contributed by atoms with Crippen LogP contribution in [0.3, 0.4) is 0 Å². The van der Waals surface area contributed by atoms with Gasteiger partial charge in [-0.2, -0.15) is 13.4 Å². The summed E-state index contributed by atoms with van der Waals surface area (Å²) in [7, 11) is -4.69. The zero-order chi connectivity index (χ0) is 16.4. The number of aromatic amines is 1. The van der Waals surface area contributed by atoms with Crippen molar-refractivity contribution in [2.75, 3.05) is 5.73 Å². The molecule has 0 amide bonds. The summed E-state index contributed by atoms with van der Waals surface area (Å²) in [5, 5.41) is 0. The molecule has 3 aromatic rings. The number of fused-ring (bicyclic) bond motifs is 1. The third kappa shape index (κ3) is 3.62. The van der Waals surface area contributed by atoms with Crippen molar-refractivity contribution in [3.05, 3.63) is 47.9 Å². The first-order chi connectivity index (χ1) is 10.9. The predicted octanol–water partition coefficient (Wildman–Crippen LogP) is 1.04. The molecule has 0 saturated carbocycles. The molecular formula is C13H13N5O4S. The van der Waals surface area contributed by atoms with Gasteiger partial charge in [0.2, 0.25) is 5.95 Å². The van der Waals surface area contributed by atoms with E-state index in [2.05, 4.69) is 19.9 Å². The lowest BCUT2D eigenvalue weighted by molar-refractivity contribution is 0.181. The summed E-state index contributed by atoms with van der Waals surface area (Å²) in [6.07, 6.45) is 0.459. The second-order valence-corrected chi connectivity index (χ2v) is 5.82. The standard InChI is InChI=1S/C13H13N5O4S/c14-13-17-10(11-12(18-13)16-7-15-11)9(22-23(19,20)21)6-8-4-2-1-3-5-8/h1-5,7,9H,6H2,(H,19,20,21)(H3,14,15,16,17,18). The predicted molar refractivity (Wildman–Crippen MR) is 81.6 cm³/mol. The molecule has 120 valence electrons. The van der Waals surface area contributed by atoms with Crippen LogP contribution in [0.5, 0.6) is 0 Å². The summed E-state index contributed by atoms with van der Waals surface area (Å²) in [4.78, 5) is 14.8. The largest absolute Gasteiger partial charge is 0.398 e. The van der Waals surface area contributed by atoms with E-state index < -0.39 is 16.5 Å². The number of nitrogens with two attached hydrogens (primary N) is 1. The summed E-state index contributed by atoms with van der Waals surface area (Å²) in [6, 6.07) is 9.04. The molecular weight excluding hydrogens is 322 g/mol. The number of aromatic nitrogens is 4. The van der Waals surface area contributed by atoms with E-state index in [0.717, 1.165) is 5.56 Å². The molecule has 1 atom stereocenters. The molecule has 0 aliphatic carbocycles. The van der Waals surface area contributed by atoms with Crippen LogP contribution in [0, 0.1) is 0 Å². The van der Waals surface area contributed by atoms with E-state index in [0.29, 0.717) is 5.52 Å². The molecule has 2 aromatic heterocycles. The molecule has 23 heavy (non-hydrogen) atoms. The van der Waals surface area contributed by atoms with Gasteiger partial charge in [-0.1, -0.05) is 30.3 Å². The van der Waals surface area contributed by atoms with Gasteiger partial charge < -0.3 is 10.7 Å². The Labute approximate surface area is 131 Å². The van der Waals surface area contributed by atoms with E-state index in [1.165, 1.54) is 6.33 Å². The fourth-order valence-corrected chi connectivity index (χ4v) is 2.71. The van der Waals surface area contributed by atoms with E-state index >= 15 is 0 Å². The third-order valence-corrected chi connectivity index (χ3v) is 3.61. The van der Waals surface area contributed by atoms with Gasteiger partial charge in [-0.25, -0.2) is 14.2 Å². The van der Waals surface area contributed by atoms with Crippen LogP contribution in [-0.2, 0) is 21.0 Å². The lowest BCUT2D eigenvalue weighted by atomic mass is 10.1. The molecule has 10 heteroatoms. The summed E-state index contributed by atoms with van der Waals surface area (Å²) in [6.45, 7) is 0. The van der Waals surface area contributed by atoms with Crippen LogP contribution in [0.15, 0.2) is 36.7 Å². The number of H-pyrrole nitrogens is 1. The van der Waals surface area contributed by atoms with Crippen molar-refractivity contribution >= 4 is 27.5 Å². The van der Waals surface area contributed by atoms with Gasteiger partial charge in [0.25, 0.3) is 0 Å². The Balaban J connectivity index is 2.08. The highest BCUT2D eigenvalue weighted by Gasteiger charge is 2.25. The topological polar surface area (TPSA) is 144 Å². The summed E-state index contributed by atoms with van der Waals surface area (Å²) in [5.74, 6) is -0.0726. The average Bonchev–Trinajstić information content (AvgIpc) is 2.93. The summed E-state index contributed by atoms with van der Waals surface area (Å²) in [5.41, 5.74) is 7.31. The first-order valence-corrected chi connectivity index (χ1v) is 7.95. The van der Waals surface area contributed by atoms with E-state index in [-0.39, 0.29) is 23.7 Å². The quantitative estimate of drug-likeness (QED) is 0.586. The highest BCUT2D eigenvalue weighted by atomic mass is 32.3. The fraction of sp³-hybridized carbons (Fsp3) is 0.154. The monoisotopic (exact) mass is 335 g/mol. The van der Waals surface area contributed by atoms with Crippen molar-refractivity contribution in [1.82, 2.24) is 19.9 Å². The van der Waals surface area contributed by atoms with Crippen LogP contribution < -0.4 is 5.73 Å². The first kappa shape index (κ1) is 15.3. The molecule has 4 N–H and O–H groups in total. The highest BCUT2D eigenvalue weighted by molar-refractivity contribution is 7.80. The van der Waals surface area contributed by atoms with Crippen molar-refractivity contribution < 1.29 is 17.2 Å². The highest BCUT2D eigenvalue weighted by Crippen LogP contribution is 2.27. The Bertz CT molecular complexity index is 926. The Morgan fingerprint density at radius 1 is 1.26 bits per heavy atom. The van der Waals surface area contributed by atoms with E-state index in [1.807, 2.05) is 6.07 Å². The van der Waals surface area contributed by atoms with E-state index in [4.69, 9.17) is 14.5 Å². The Kier molecular flexibility index (Phi) is 3.94. The molecule has 2 heterocycles. The molecule has 0 saturated heterocycles. The lowest BCUT2D eigenvalue weighted by Gasteiger charge is -2.16. The van der Waals surface area contributed by atoms with Crippen LogP contribution in [0.2, 0.25) is 0 Å². The fourth-order valence-electron chi connectivity index (χ4n) is 2.26. The van der Waals surface area contributed by atoms with Gasteiger partial charge in [0.05, 0.1) is 6.33 Å². The van der Waals surface area contributed by atoms with Gasteiger partial charge in [0.15, 0.2) is 5.65 Å². The minimum Gasteiger partial charge on any atom is -0.368 e. The summed E-state index contributed by atoms with van der Waals surface area (Å²) < 4.78 is 36.3. The molecule has 0 aliphatic heterocycles. The molecule has 9 nitrogen and oxygen atoms in total. The van der Waals surface area contributed by atoms with Gasteiger partial charge in [-0.3, -0.25) is 4.55 Å². The average molecular weight is 335 g/mol. The number of hydrogen-bond donors (Lipinski definition) is 3. The minimum absolute atomic E-state index is 0.0726. The number of nitrogen functional groups attached to an aromatic ring is 1. The smallest absolute Gasteiger partial charge is 0.368 e. The Hall–Kier alpha value is -2.56. The van der Waals surface area contributed by atoms with E-state index in [9.17, 15) is 8.42 Å². The molecule has 0 aliphatic rings. The zero-order valence-electron chi connectivity index (χ0n) is 11.7. The zero-order valence-corrected chi connectivity index (χ0v) is 12.6. The number of benzene rings is 1. The van der Waals surface area contributed by atoms with Gasteiger partial charge in [0, 0.05) is 6.42 Å². The van der Waals surface area contributed by atoms with Crippen molar-refractivity contribution in [3.63, 3.8) is 0 Å². The van der Waals surface area contributed by atoms with Gasteiger partial charge in [-0.05, 0) is 5.56 Å². The van der Waals surface area contributed by atoms with Crippen molar-refractivity contribution in [3.8, 4) is 0 Å². The van der Waals surface area contributed by atoms with Crippen LogP contribution in [0.4, 0.5) is 5.95 Å². The second-order valence-electron chi connectivity index (χ2n) is 4.77. The van der Waals surface area contributed by atoms with Crippen molar-refractivity contribution in [1.29, 1.82) is 0 Å². The molecule has 0 radical (unpaired) electrons. The molecule has 3 rings (SSSR count). The number of nitrogens with one attached hydrogen (secondary N) is 1. The number of rotatable bonds is 5. The van der Waals surface area contributed by atoms with Gasteiger partial charge >= 0.3 is 10.4 Å². The van der Waals surface area contributed by atoms with Crippen molar-refractivity contribution in [2.24, 2.45) is 0 Å². The van der Waals surface area contributed by atoms with E-state index in [1.54, 1.807) is 24.3 Å². The maximum Gasteiger partial charge on any atom is 0.398 e. The summed E-state index contributed by atoms with van der Waals surface area (Å²) >= 11 is 0. The van der Waals surface area contributed by atoms with Gasteiger partial charge in [0.1, 0.15) is 17.3 Å². The Morgan fingerprint density at radius 2 is 2.00 bits per heavy atom. The van der Waals surface area contributed by atoms with Gasteiger partial charge in [-0.15, -0.1) is 0 Å². The third-order valence-electron chi connectivity index (χ3n) is 3.14. The second kappa shape index (κ2) is 5.91. The lowest BCUT2D eigenvalue weighted by Crippen LogP contribution is -2.16. The van der Waals surface area contributed by atoms with Crippen LogP contribution >= 0.6 is 0 Å². The number of imidazole rings is 1. The first-order valence-electron chi connectivity index (χ1n) is 6.58. The Morgan fingerprint density at radius 3 is 2.70 bits per heavy atom. The van der Waals surface area contributed by atoms with Crippen LogP contribution in [0.25, 0.3) is 11.2 Å². The normalized spacial score (nSPS) is 13.3. The molecule has 0 spiro atoms. The molecule has 1 aromatic carbocycles.